The third-order valence-corrected chi connectivity index (χ3v) is 3.27. The van der Waals surface area contributed by atoms with Crippen molar-refractivity contribution in [2.45, 2.75) is 26.3 Å². The highest BCUT2D eigenvalue weighted by atomic mass is 32.1. The van der Waals surface area contributed by atoms with Crippen LogP contribution in [0.3, 0.4) is 0 Å². The largest absolute Gasteiger partial charge is 0.476 e. The van der Waals surface area contributed by atoms with Crippen LogP contribution in [0.4, 0.5) is 0 Å². The third-order valence-electron chi connectivity index (χ3n) is 2.41. The Morgan fingerprint density at radius 3 is 2.88 bits per heavy atom. The molecule has 17 heavy (non-hydrogen) atoms. The smallest absolute Gasteiger partial charge is 0.358 e. The average molecular weight is 251 g/mol. The van der Waals surface area contributed by atoms with Crippen LogP contribution in [0.2, 0.25) is 0 Å². The van der Waals surface area contributed by atoms with Crippen LogP contribution >= 0.6 is 11.3 Å². The third kappa shape index (κ3) is 2.36. The van der Waals surface area contributed by atoms with Crippen molar-refractivity contribution in [2.75, 3.05) is 0 Å². The minimum Gasteiger partial charge on any atom is -0.476 e. The summed E-state index contributed by atoms with van der Waals surface area (Å²) in [5.74, 6) is -0.942. The number of thiophene rings is 1. The standard InChI is InChI=1S/C11H13N3O2S/c1-7(2)10-9(11(15)16)12-13-14(10)6-8-4-3-5-17-8/h3-5,7H,6H2,1-2H3,(H,15,16). The maximum atomic E-state index is 11.0. The summed E-state index contributed by atoms with van der Waals surface area (Å²) < 4.78 is 1.67. The summed E-state index contributed by atoms with van der Waals surface area (Å²) >= 11 is 1.62. The Bertz CT molecular complexity index is 517. The van der Waals surface area contributed by atoms with Crippen molar-refractivity contribution in [2.24, 2.45) is 0 Å². The van der Waals surface area contributed by atoms with Gasteiger partial charge in [-0.05, 0) is 17.4 Å². The van der Waals surface area contributed by atoms with Crippen molar-refractivity contribution in [1.29, 1.82) is 0 Å². The molecule has 5 nitrogen and oxygen atoms in total. The van der Waals surface area contributed by atoms with Gasteiger partial charge in [-0.15, -0.1) is 16.4 Å². The van der Waals surface area contributed by atoms with E-state index in [4.69, 9.17) is 5.11 Å². The molecule has 2 heterocycles. The van der Waals surface area contributed by atoms with Gasteiger partial charge in [-0.1, -0.05) is 25.1 Å². The molecule has 0 unspecified atom stereocenters. The molecule has 1 N–H and O–H groups in total. The van der Waals surface area contributed by atoms with Gasteiger partial charge in [0.25, 0.3) is 0 Å². The van der Waals surface area contributed by atoms with E-state index in [0.29, 0.717) is 12.2 Å². The average Bonchev–Trinajstić information content (AvgIpc) is 2.86. The maximum absolute atomic E-state index is 11.0. The van der Waals surface area contributed by atoms with Crippen molar-refractivity contribution in [3.8, 4) is 0 Å². The summed E-state index contributed by atoms with van der Waals surface area (Å²) in [6.45, 7) is 4.46. The molecule has 6 heteroatoms. The van der Waals surface area contributed by atoms with Crippen molar-refractivity contribution in [3.63, 3.8) is 0 Å². The number of rotatable bonds is 4. The van der Waals surface area contributed by atoms with Gasteiger partial charge in [-0.2, -0.15) is 0 Å². The van der Waals surface area contributed by atoms with Crippen LogP contribution in [0.15, 0.2) is 17.5 Å². The van der Waals surface area contributed by atoms with Gasteiger partial charge < -0.3 is 5.11 Å². The fourth-order valence-corrected chi connectivity index (χ4v) is 2.40. The first-order valence-electron chi connectivity index (χ1n) is 5.28. The Labute approximate surface area is 103 Å². The summed E-state index contributed by atoms with van der Waals surface area (Å²) in [5.41, 5.74) is 0.724. The molecule has 0 saturated carbocycles. The minimum absolute atomic E-state index is 0.0524. The van der Waals surface area contributed by atoms with Gasteiger partial charge in [0.15, 0.2) is 5.69 Å². The first-order valence-corrected chi connectivity index (χ1v) is 6.16. The molecule has 0 aliphatic rings. The molecule has 2 aromatic rings. The molecule has 0 atom stereocenters. The Kier molecular flexibility index (Phi) is 3.23. The molecular formula is C11H13N3O2S. The first-order chi connectivity index (χ1) is 8.09. The summed E-state index contributed by atoms with van der Waals surface area (Å²) in [5, 5.41) is 18.7. The highest BCUT2D eigenvalue weighted by molar-refractivity contribution is 7.09. The van der Waals surface area contributed by atoms with E-state index in [1.807, 2.05) is 31.4 Å². The van der Waals surface area contributed by atoms with E-state index >= 15 is 0 Å². The van der Waals surface area contributed by atoms with Crippen LogP contribution < -0.4 is 0 Å². The lowest BCUT2D eigenvalue weighted by Crippen LogP contribution is -2.10. The zero-order valence-electron chi connectivity index (χ0n) is 9.62. The van der Waals surface area contributed by atoms with E-state index in [1.165, 1.54) is 0 Å². The zero-order chi connectivity index (χ0) is 12.4. The quantitative estimate of drug-likeness (QED) is 0.904. The molecule has 0 aliphatic carbocycles. The van der Waals surface area contributed by atoms with E-state index in [1.54, 1.807) is 16.0 Å². The van der Waals surface area contributed by atoms with Crippen molar-refractivity contribution < 1.29 is 9.90 Å². The molecule has 0 aliphatic heterocycles. The van der Waals surface area contributed by atoms with Crippen LogP contribution in [-0.2, 0) is 6.54 Å². The maximum Gasteiger partial charge on any atom is 0.358 e. The van der Waals surface area contributed by atoms with Gasteiger partial charge in [0.1, 0.15) is 0 Å². The number of aromatic nitrogens is 3. The molecule has 0 saturated heterocycles. The summed E-state index contributed by atoms with van der Waals surface area (Å²) in [6.07, 6.45) is 0. The van der Waals surface area contributed by atoms with Crippen molar-refractivity contribution in [1.82, 2.24) is 15.0 Å². The number of hydrogen-bond acceptors (Lipinski definition) is 4. The van der Waals surface area contributed by atoms with Crippen LogP contribution in [0, 0.1) is 0 Å². The van der Waals surface area contributed by atoms with E-state index in [0.717, 1.165) is 4.88 Å². The monoisotopic (exact) mass is 251 g/mol. The van der Waals surface area contributed by atoms with Gasteiger partial charge in [0, 0.05) is 4.88 Å². The van der Waals surface area contributed by atoms with Gasteiger partial charge in [0.2, 0.25) is 0 Å². The highest BCUT2D eigenvalue weighted by Gasteiger charge is 2.21. The summed E-state index contributed by atoms with van der Waals surface area (Å²) in [6, 6.07) is 3.96. The Hall–Kier alpha value is -1.69. The first kappa shape index (κ1) is 11.8. The Morgan fingerprint density at radius 1 is 1.59 bits per heavy atom. The topological polar surface area (TPSA) is 68.0 Å². The van der Waals surface area contributed by atoms with E-state index in [9.17, 15) is 4.79 Å². The molecule has 90 valence electrons. The molecule has 0 radical (unpaired) electrons. The van der Waals surface area contributed by atoms with Crippen molar-refractivity contribution in [3.05, 3.63) is 33.8 Å². The number of carboxylic acid groups (broad SMARTS) is 1. The molecule has 2 rings (SSSR count). The fraction of sp³-hybridized carbons (Fsp3) is 0.364. The van der Waals surface area contributed by atoms with Gasteiger partial charge in [-0.3, -0.25) is 0 Å². The molecular weight excluding hydrogens is 238 g/mol. The lowest BCUT2D eigenvalue weighted by molar-refractivity contribution is 0.0688. The van der Waals surface area contributed by atoms with E-state index in [2.05, 4.69) is 10.3 Å². The van der Waals surface area contributed by atoms with Crippen LogP contribution in [0.1, 0.15) is 40.8 Å². The number of carboxylic acids is 1. The minimum atomic E-state index is -1.02. The van der Waals surface area contributed by atoms with Crippen LogP contribution in [0.5, 0.6) is 0 Å². The Morgan fingerprint density at radius 2 is 2.35 bits per heavy atom. The predicted octanol–water partition coefficient (Wildman–Crippen LogP) is 2.21. The second-order valence-electron chi connectivity index (χ2n) is 4.02. The Balaban J connectivity index is 2.37. The highest BCUT2D eigenvalue weighted by Crippen LogP contribution is 2.20. The fourth-order valence-electron chi connectivity index (χ4n) is 1.71. The van der Waals surface area contributed by atoms with Crippen molar-refractivity contribution >= 4 is 17.3 Å². The van der Waals surface area contributed by atoms with E-state index in [-0.39, 0.29) is 11.6 Å². The van der Waals surface area contributed by atoms with Crippen LogP contribution in [-0.4, -0.2) is 26.1 Å². The molecule has 0 aromatic carbocycles. The summed E-state index contributed by atoms with van der Waals surface area (Å²) in [4.78, 5) is 12.2. The molecule has 0 bridgehead atoms. The zero-order valence-corrected chi connectivity index (χ0v) is 10.4. The second-order valence-corrected chi connectivity index (χ2v) is 5.05. The molecule has 0 amide bonds. The number of carbonyl (C=O) groups is 1. The predicted molar refractivity (Wildman–Crippen MR) is 64.5 cm³/mol. The lowest BCUT2D eigenvalue weighted by Gasteiger charge is -2.08. The van der Waals surface area contributed by atoms with Gasteiger partial charge >= 0.3 is 5.97 Å². The van der Waals surface area contributed by atoms with E-state index < -0.39 is 5.97 Å². The molecule has 0 fully saturated rings. The number of aromatic carboxylic acids is 1. The van der Waals surface area contributed by atoms with Crippen LogP contribution in [0.25, 0.3) is 0 Å². The van der Waals surface area contributed by atoms with Gasteiger partial charge in [-0.25, -0.2) is 9.48 Å². The number of nitrogens with zero attached hydrogens (tertiary/aromatic N) is 3. The second kappa shape index (κ2) is 4.67. The normalized spacial score (nSPS) is 11.0. The summed E-state index contributed by atoms with van der Waals surface area (Å²) in [7, 11) is 0. The molecule has 0 spiro atoms. The molecule has 2 aromatic heterocycles. The lowest BCUT2D eigenvalue weighted by atomic mass is 10.1. The van der Waals surface area contributed by atoms with Gasteiger partial charge in [0.05, 0.1) is 12.2 Å². The SMILES string of the molecule is CC(C)c1c(C(=O)O)nnn1Cc1cccs1. The number of hydrogen-bond donors (Lipinski definition) is 1.